The molecule has 0 bridgehead atoms. The van der Waals surface area contributed by atoms with Crippen LogP contribution in [-0.2, 0) is 16.1 Å². The molecule has 0 fully saturated rings. The smallest absolute Gasteiger partial charge is 0.325 e. The Bertz CT molecular complexity index is 389. The molecule has 17 heavy (non-hydrogen) atoms. The van der Waals surface area contributed by atoms with Gasteiger partial charge in [-0.05, 0) is 13.8 Å². The SMILES string of the molecule is CCOC(=O)CNC(=O)NCc1cn[nH]c1C. The molecule has 7 nitrogen and oxygen atoms in total. The number of rotatable bonds is 5. The van der Waals surface area contributed by atoms with Crippen LogP contribution in [-0.4, -0.2) is 35.3 Å². The predicted molar refractivity (Wildman–Crippen MR) is 60.2 cm³/mol. The number of aromatic amines is 1. The van der Waals surface area contributed by atoms with Crippen LogP contribution in [0.1, 0.15) is 18.2 Å². The topological polar surface area (TPSA) is 96.1 Å². The van der Waals surface area contributed by atoms with E-state index in [1.54, 1.807) is 13.1 Å². The number of hydrogen-bond donors (Lipinski definition) is 3. The van der Waals surface area contributed by atoms with Crippen LogP contribution in [0.4, 0.5) is 4.79 Å². The second-order valence-corrected chi connectivity index (χ2v) is 3.36. The van der Waals surface area contributed by atoms with Gasteiger partial charge in [-0.2, -0.15) is 5.10 Å². The number of carbonyl (C=O) groups is 2. The third-order valence-corrected chi connectivity index (χ3v) is 2.07. The van der Waals surface area contributed by atoms with Crippen molar-refractivity contribution in [2.24, 2.45) is 0 Å². The molecule has 0 aliphatic heterocycles. The molecule has 0 aromatic carbocycles. The van der Waals surface area contributed by atoms with Crippen LogP contribution in [0.2, 0.25) is 0 Å². The lowest BCUT2D eigenvalue weighted by Crippen LogP contribution is -2.38. The number of H-pyrrole nitrogens is 1. The van der Waals surface area contributed by atoms with Crippen LogP contribution in [0.5, 0.6) is 0 Å². The number of nitrogens with one attached hydrogen (secondary N) is 3. The largest absolute Gasteiger partial charge is 0.465 e. The van der Waals surface area contributed by atoms with Crippen LogP contribution in [0, 0.1) is 6.92 Å². The first-order valence-corrected chi connectivity index (χ1v) is 5.29. The van der Waals surface area contributed by atoms with Gasteiger partial charge in [0.2, 0.25) is 0 Å². The molecule has 1 aromatic heterocycles. The maximum atomic E-state index is 11.3. The third kappa shape index (κ3) is 4.54. The van der Waals surface area contributed by atoms with Gasteiger partial charge in [-0.25, -0.2) is 4.79 Å². The maximum absolute atomic E-state index is 11.3. The molecular weight excluding hydrogens is 224 g/mol. The van der Waals surface area contributed by atoms with Crippen LogP contribution >= 0.6 is 0 Å². The summed E-state index contributed by atoms with van der Waals surface area (Å²) in [6, 6.07) is -0.418. The number of esters is 1. The molecule has 0 radical (unpaired) electrons. The number of ether oxygens (including phenoxy) is 1. The van der Waals surface area contributed by atoms with Gasteiger partial charge in [0.25, 0.3) is 0 Å². The first kappa shape index (κ1) is 13.0. The minimum atomic E-state index is -0.456. The quantitative estimate of drug-likeness (QED) is 0.635. The molecule has 7 heteroatoms. The molecule has 0 unspecified atom stereocenters. The lowest BCUT2D eigenvalue weighted by Gasteiger charge is -2.06. The van der Waals surface area contributed by atoms with E-state index in [-0.39, 0.29) is 6.54 Å². The summed E-state index contributed by atoms with van der Waals surface area (Å²) in [6.45, 7) is 4.09. The van der Waals surface area contributed by atoms with E-state index in [1.807, 2.05) is 6.92 Å². The molecule has 3 N–H and O–H groups in total. The zero-order chi connectivity index (χ0) is 12.7. The van der Waals surface area contributed by atoms with Crippen LogP contribution < -0.4 is 10.6 Å². The molecule has 94 valence electrons. The Morgan fingerprint density at radius 3 is 2.82 bits per heavy atom. The Balaban J connectivity index is 2.22. The van der Waals surface area contributed by atoms with Gasteiger partial charge in [0.15, 0.2) is 0 Å². The predicted octanol–water partition coefficient (Wildman–Crippen LogP) is 0.0804. The van der Waals surface area contributed by atoms with E-state index in [2.05, 4.69) is 25.6 Å². The van der Waals surface area contributed by atoms with Gasteiger partial charge in [0.05, 0.1) is 12.8 Å². The first-order chi connectivity index (χ1) is 8.13. The third-order valence-electron chi connectivity index (χ3n) is 2.07. The van der Waals surface area contributed by atoms with Crippen LogP contribution in [0.15, 0.2) is 6.20 Å². The van der Waals surface area contributed by atoms with Gasteiger partial charge in [-0.15, -0.1) is 0 Å². The zero-order valence-corrected chi connectivity index (χ0v) is 9.87. The van der Waals surface area contributed by atoms with Crippen molar-refractivity contribution in [3.63, 3.8) is 0 Å². The fourth-order valence-corrected chi connectivity index (χ4v) is 1.16. The Morgan fingerprint density at radius 2 is 2.24 bits per heavy atom. The number of hydrogen-bond acceptors (Lipinski definition) is 4. The van der Waals surface area contributed by atoms with Crippen molar-refractivity contribution in [2.45, 2.75) is 20.4 Å². The lowest BCUT2D eigenvalue weighted by molar-refractivity contribution is -0.141. The molecule has 0 saturated carbocycles. The highest BCUT2D eigenvalue weighted by atomic mass is 16.5. The van der Waals surface area contributed by atoms with Gasteiger partial charge < -0.3 is 15.4 Å². The van der Waals surface area contributed by atoms with E-state index in [4.69, 9.17) is 0 Å². The molecule has 0 aliphatic carbocycles. The van der Waals surface area contributed by atoms with Crippen LogP contribution in [0.25, 0.3) is 0 Å². The maximum Gasteiger partial charge on any atom is 0.325 e. The van der Waals surface area contributed by atoms with Gasteiger partial charge in [0, 0.05) is 17.8 Å². The number of aromatic nitrogens is 2. The molecule has 0 spiro atoms. The molecule has 0 aliphatic rings. The van der Waals surface area contributed by atoms with Crippen molar-refractivity contribution >= 4 is 12.0 Å². The van der Waals surface area contributed by atoms with Crippen molar-refractivity contribution in [3.05, 3.63) is 17.5 Å². The van der Waals surface area contributed by atoms with Crippen molar-refractivity contribution in [3.8, 4) is 0 Å². The van der Waals surface area contributed by atoms with E-state index in [0.29, 0.717) is 13.2 Å². The molecule has 1 rings (SSSR count). The van der Waals surface area contributed by atoms with Crippen molar-refractivity contribution in [2.75, 3.05) is 13.2 Å². The zero-order valence-electron chi connectivity index (χ0n) is 9.87. The average molecular weight is 240 g/mol. The number of aryl methyl sites for hydroxylation is 1. The van der Waals surface area contributed by atoms with E-state index >= 15 is 0 Å². The van der Waals surface area contributed by atoms with Gasteiger partial charge in [-0.3, -0.25) is 9.89 Å². The Morgan fingerprint density at radius 1 is 1.47 bits per heavy atom. The Hall–Kier alpha value is -2.05. The monoisotopic (exact) mass is 240 g/mol. The van der Waals surface area contributed by atoms with Crippen molar-refractivity contribution in [1.82, 2.24) is 20.8 Å². The second-order valence-electron chi connectivity index (χ2n) is 3.36. The minimum absolute atomic E-state index is 0.135. The summed E-state index contributed by atoms with van der Waals surface area (Å²) in [6.07, 6.45) is 1.64. The van der Waals surface area contributed by atoms with E-state index < -0.39 is 12.0 Å². The molecule has 0 atom stereocenters. The number of nitrogens with zero attached hydrogens (tertiary/aromatic N) is 1. The van der Waals surface area contributed by atoms with Crippen molar-refractivity contribution < 1.29 is 14.3 Å². The molecule has 1 aromatic rings. The normalized spacial score (nSPS) is 9.76. The molecule has 0 saturated heterocycles. The summed E-state index contributed by atoms with van der Waals surface area (Å²) in [5.74, 6) is -0.456. The highest BCUT2D eigenvalue weighted by Gasteiger charge is 2.06. The summed E-state index contributed by atoms with van der Waals surface area (Å²) < 4.78 is 4.67. The second kappa shape index (κ2) is 6.51. The number of amides is 2. The average Bonchev–Trinajstić information content (AvgIpc) is 2.70. The fourth-order valence-electron chi connectivity index (χ4n) is 1.16. The van der Waals surface area contributed by atoms with E-state index in [1.165, 1.54) is 0 Å². The Labute approximate surface area is 98.9 Å². The fraction of sp³-hybridized carbons (Fsp3) is 0.500. The van der Waals surface area contributed by atoms with Gasteiger partial charge in [-0.1, -0.05) is 0 Å². The van der Waals surface area contributed by atoms with E-state index in [0.717, 1.165) is 11.3 Å². The standard InChI is InChI=1S/C10H16N4O3/c1-3-17-9(15)6-12-10(16)11-4-8-5-13-14-7(8)2/h5H,3-4,6H2,1-2H3,(H,13,14)(H2,11,12,16). The van der Waals surface area contributed by atoms with Crippen molar-refractivity contribution in [1.29, 1.82) is 0 Å². The summed E-state index contributed by atoms with van der Waals surface area (Å²) in [4.78, 5) is 22.3. The first-order valence-electron chi connectivity index (χ1n) is 5.29. The summed E-state index contributed by atoms with van der Waals surface area (Å²) in [5, 5.41) is 11.6. The Kier molecular flexibility index (Phi) is 4.99. The highest BCUT2D eigenvalue weighted by Crippen LogP contribution is 2.00. The van der Waals surface area contributed by atoms with E-state index in [9.17, 15) is 9.59 Å². The lowest BCUT2D eigenvalue weighted by atomic mass is 10.3. The molecular formula is C10H16N4O3. The minimum Gasteiger partial charge on any atom is -0.465 e. The van der Waals surface area contributed by atoms with Crippen LogP contribution in [0.3, 0.4) is 0 Å². The van der Waals surface area contributed by atoms with Gasteiger partial charge in [0.1, 0.15) is 6.54 Å². The van der Waals surface area contributed by atoms with Gasteiger partial charge >= 0.3 is 12.0 Å². The summed E-state index contributed by atoms with van der Waals surface area (Å²) in [5.41, 5.74) is 1.80. The molecule has 1 heterocycles. The number of carbonyl (C=O) groups excluding carboxylic acids is 2. The summed E-state index contributed by atoms with van der Waals surface area (Å²) >= 11 is 0. The molecule has 2 amide bonds. The highest BCUT2D eigenvalue weighted by molar-refractivity contribution is 5.80. The summed E-state index contributed by atoms with van der Waals surface area (Å²) in [7, 11) is 0. The number of urea groups is 1.